The molecule has 6 nitrogen and oxygen atoms in total. The van der Waals surface area contributed by atoms with Crippen LogP contribution in [0.4, 0.5) is 18.9 Å². The molecule has 0 bridgehead atoms. The number of hydrogen-bond donors (Lipinski definition) is 2. The summed E-state index contributed by atoms with van der Waals surface area (Å²) < 4.78 is 66.8. The fraction of sp³-hybridized carbons (Fsp3) is 0.316. The first kappa shape index (κ1) is 25.1. The molecule has 0 spiro atoms. The second-order valence-corrected chi connectivity index (χ2v) is 9.67. The van der Waals surface area contributed by atoms with Gasteiger partial charge in [0.2, 0.25) is 10.0 Å². The van der Waals surface area contributed by atoms with Gasteiger partial charge in [-0.05, 0) is 36.4 Å². The molecule has 2 N–H and O–H groups in total. The quantitative estimate of drug-likeness (QED) is 0.239. The highest BCUT2D eigenvalue weighted by Crippen LogP contribution is 2.43. The largest absolute Gasteiger partial charge is 0.417 e. The zero-order valence-electron chi connectivity index (χ0n) is 16.8. The van der Waals surface area contributed by atoms with Crippen LogP contribution in [0.2, 0.25) is 5.02 Å². The highest BCUT2D eigenvalue weighted by molar-refractivity contribution is 7.98. The lowest BCUT2D eigenvalue weighted by Gasteiger charge is -2.24. The van der Waals surface area contributed by atoms with Crippen LogP contribution in [0.1, 0.15) is 24.1 Å². The van der Waals surface area contributed by atoms with Crippen molar-refractivity contribution in [3.05, 3.63) is 52.5 Å². The third-order valence-electron chi connectivity index (χ3n) is 4.23. The Labute approximate surface area is 188 Å². The molecule has 0 fully saturated rings. The first-order valence-corrected chi connectivity index (χ1v) is 12.4. The minimum Gasteiger partial charge on any atom is -0.269 e. The van der Waals surface area contributed by atoms with E-state index in [0.29, 0.717) is 5.56 Å². The third kappa shape index (κ3) is 6.67. The van der Waals surface area contributed by atoms with Crippen LogP contribution in [0.15, 0.2) is 36.4 Å². The van der Waals surface area contributed by atoms with Crippen LogP contribution < -0.4 is 15.2 Å². The number of nitrogens with zero attached hydrogens (tertiary/aromatic N) is 2. The van der Waals surface area contributed by atoms with Crippen molar-refractivity contribution in [3.63, 3.8) is 0 Å². The van der Waals surface area contributed by atoms with Crippen molar-refractivity contribution in [1.82, 2.24) is 10.1 Å². The molecule has 1 atom stereocenters. The van der Waals surface area contributed by atoms with Gasteiger partial charge in [-0.15, -0.1) is 11.8 Å². The van der Waals surface area contributed by atoms with Gasteiger partial charge in [-0.1, -0.05) is 35.9 Å². The molecule has 168 valence electrons. The highest BCUT2D eigenvalue weighted by Gasteiger charge is 2.36. The maximum Gasteiger partial charge on any atom is 0.417 e. The molecule has 0 aliphatic carbocycles. The van der Waals surface area contributed by atoms with Crippen LogP contribution in [-0.2, 0) is 16.2 Å². The lowest BCUT2D eigenvalue weighted by Crippen LogP contribution is -2.34. The number of nitriles is 1. The number of nitrogens with one attached hydrogen (secondary N) is 2. The van der Waals surface area contributed by atoms with Crippen LogP contribution in [0.3, 0.4) is 0 Å². The molecule has 0 aliphatic rings. The van der Waals surface area contributed by atoms with Crippen molar-refractivity contribution in [3.8, 4) is 17.3 Å². The third-order valence-corrected chi connectivity index (χ3v) is 5.82. The fourth-order valence-corrected chi connectivity index (χ4v) is 4.53. The van der Waals surface area contributed by atoms with Gasteiger partial charge in [-0.2, -0.15) is 18.4 Å². The summed E-state index contributed by atoms with van der Waals surface area (Å²) in [6.07, 6.45) is -0.232. The van der Waals surface area contributed by atoms with Crippen LogP contribution in [0.25, 0.3) is 11.1 Å². The van der Waals surface area contributed by atoms with E-state index in [1.165, 1.54) is 35.0 Å². The molecule has 2 aromatic rings. The summed E-state index contributed by atoms with van der Waals surface area (Å²) in [5.74, 6) is 0.223. The number of halogens is 4. The van der Waals surface area contributed by atoms with Gasteiger partial charge in [0, 0.05) is 11.6 Å². The number of hydrogen-bond acceptors (Lipinski definition) is 6. The van der Waals surface area contributed by atoms with E-state index < -0.39 is 27.8 Å². The average Bonchev–Trinajstić information content (AvgIpc) is 2.65. The molecule has 2 aromatic carbocycles. The van der Waals surface area contributed by atoms with Crippen LogP contribution >= 0.6 is 23.4 Å². The van der Waals surface area contributed by atoms with Crippen molar-refractivity contribution < 1.29 is 21.6 Å². The molecular weight excluding hydrogens is 473 g/mol. The number of anilines is 1. The minimum absolute atomic E-state index is 0.0968. The normalized spacial score (nSPS) is 12.8. The average molecular weight is 493 g/mol. The van der Waals surface area contributed by atoms with E-state index in [-0.39, 0.29) is 27.7 Å². The molecular formula is C19H20ClF3N4O2S2. The number of hydrazine groups is 1. The van der Waals surface area contributed by atoms with Gasteiger partial charge in [0.15, 0.2) is 6.19 Å². The van der Waals surface area contributed by atoms with Gasteiger partial charge in [0.25, 0.3) is 0 Å². The second kappa shape index (κ2) is 9.99. The van der Waals surface area contributed by atoms with Gasteiger partial charge >= 0.3 is 6.18 Å². The summed E-state index contributed by atoms with van der Waals surface area (Å²) in [5.41, 5.74) is 2.10. The zero-order chi connectivity index (χ0) is 23.4. The minimum atomic E-state index is -4.70. The van der Waals surface area contributed by atoms with E-state index in [2.05, 4.69) is 10.1 Å². The molecule has 0 heterocycles. The lowest BCUT2D eigenvalue weighted by molar-refractivity contribution is -0.137. The Morgan fingerprint density at radius 3 is 2.35 bits per heavy atom. The number of rotatable bonds is 8. The molecule has 0 unspecified atom stereocenters. The predicted molar refractivity (Wildman–Crippen MR) is 118 cm³/mol. The smallest absolute Gasteiger partial charge is 0.269 e. The van der Waals surface area contributed by atoms with Crippen molar-refractivity contribution in [1.29, 1.82) is 5.26 Å². The van der Waals surface area contributed by atoms with E-state index >= 15 is 0 Å². The Hall–Kier alpha value is -2.13. The summed E-state index contributed by atoms with van der Waals surface area (Å²) in [7, 11) is -3.44. The summed E-state index contributed by atoms with van der Waals surface area (Å²) in [4.78, 5) is 0. The monoisotopic (exact) mass is 492 g/mol. The summed E-state index contributed by atoms with van der Waals surface area (Å²) in [6.45, 7) is 1.63. The lowest BCUT2D eigenvalue weighted by atomic mass is 9.96. The topological polar surface area (TPSA) is 85.2 Å². The molecule has 0 saturated heterocycles. The number of alkyl halides is 3. The van der Waals surface area contributed by atoms with Crippen molar-refractivity contribution in [2.24, 2.45) is 0 Å². The molecule has 0 radical (unpaired) electrons. The first-order chi connectivity index (χ1) is 14.4. The first-order valence-electron chi connectivity index (χ1n) is 8.77. The van der Waals surface area contributed by atoms with Crippen LogP contribution in [0.5, 0.6) is 0 Å². The second-order valence-electron chi connectivity index (χ2n) is 6.65. The number of sulfonamides is 1. The standard InChI is InChI=1S/C19H20ClF3N4O2S2/c1-12(26-31(3,28)29)13-4-6-14(7-5-13)18-16(19(21,22)23)8-15(9-17(18)20)27(11-30-2)25-10-24/h4-9,12,25-26H,11H2,1-3H3/t12-/m1/s1. The van der Waals surface area contributed by atoms with Crippen LogP contribution in [-0.4, -0.2) is 26.8 Å². The number of benzene rings is 2. The predicted octanol–water partition coefficient (Wildman–Crippen LogP) is 4.75. The summed E-state index contributed by atoms with van der Waals surface area (Å²) >= 11 is 7.58. The van der Waals surface area contributed by atoms with Crippen molar-refractivity contribution >= 4 is 39.1 Å². The number of thioether (sulfide) groups is 1. The molecule has 31 heavy (non-hydrogen) atoms. The molecule has 12 heteroatoms. The Morgan fingerprint density at radius 1 is 1.26 bits per heavy atom. The molecule has 0 saturated carbocycles. The SMILES string of the molecule is CSCN(NC#N)c1cc(Cl)c(-c2ccc([C@@H](C)NS(C)(=O)=O)cc2)c(C(F)(F)F)c1. The van der Waals surface area contributed by atoms with Gasteiger partial charge in [-0.3, -0.25) is 5.01 Å². The maximum absolute atomic E-state index is 13.9. The van der Waals surface area contributed by atoms with Gasteiger partial charge in [-0.25, -0.2) is 18.6 Å². The Morgan fingerprint density at radius 2 is 1.87 bits per heavy atom. The van der Waals surface area contributed by atoms with Crippen molar-refractivity contribution in [2.45, 2.75) is 19.1 Å². The van der Waals surface area contributed by atoms with E-state index in [4.69, 9.17) is 16.9 Å². The van der Waals surface area contributed by atoms with Gasteiger partial charge in [0.05, 0.1) is 28.4 Å². The van der Waals surface area contributed by atoms with Crippen LogP contribution in [0, 0.1) is 11.5 Å². The van der Waals surface area contributed by atoms with Gasteiger partial charge < -0.3 is 0 Å². The Balaban J connectivity index is 2.54. The van der Waals surface area contributed by atoms with E-state index in [1.807, 2.05) is 0 Å². The fourth-order valence-electron chi connectivity index (χ4n) is 2.95. The maximum atomic E-state index is 13.9. The Kier molecular flexibility index (Phi) is 8.10. The van der Waals surface area contributed by atoms with Crippen molar-refractivity contribution in [2.75, 3.05) is 23.4 Å². The van der Waals surface area contributed by atoms with Gasteiger partial charge in [0.1, 0.15) is 0 Å². The molecule has 0 amide bonds. The Bertz CT molecular complexity index is 1070. The summed E-state index contributed by atoms with van der Waals surface area (Å²) in [6, 6.07) is 7.73. The van der Waals surface area contributed by atoms with E-state index in [1.54, 1.807) is 31.5 Å². The summed E-state index contributed by atoms with van der Waals surface area (Å²) in [5, 5.41) is 10.0. The zero-order valence-corrected chi connectivity index (χ0v) is 19.2. The molecule has 0 aromatic heterocycles. The van der Waals surface area contributed by atoms with E-state index in [0.717, 1.165) is 12.3 Å². The molecule has 0 aliphatic heterocycles. The molecule has 2 rings (SSSR count). The van der Waals surface area contributed by atoms with E-state index in [9.17, 15) is 21.6 Å². The highest BCUT2D eigenvalue weighted by atomic mass is 35.5.